The molecular weight excluding hydrogens is 162 g/mol. The van der Waals surface area contributed by atoms with E-state index >= 15 is 0 Å². The van der Waals surface area contributed by atoms with Crippen LogP contribution in [0, 0.1) is 6.92 Å². The summed E-state index contributed by atoms with van der Waals surface area (Å²) < 4.78 is 7.68. The fourth-order valence-electron chi connectivity index (χ4n) is 1.83. The van der Waals surface area contributed by atoms with Crippen LogP contribution in [-0.4, -0.2) is 4.57 Å². The summed E-state index contributed by atoms with van der Waals surface area (Å²) in [7, 11) is 2.07. The molecule has 2 heterocycles. The Morgan fingerprint density at radius 3 is 2.69 bits per heavy atom. The van der Waals surface area contributed by atoms with Gasteiger partial charge in [0.2, 0.25) is 0 Å². The SMILES string of the molecule is Cc1cn(C)c2c(C(C)C)coc12. The molecule has 0 spiro atoms. The van der Waals surface area contributed by atoms with Crippen LogP contribution in [-0.2, 0) is 7.05 Å². The van der Waals surface area contributed by atoms with Gasteiger partial charge < -0.3 is 8.98 Å². The predicted molar refractivity (Wildman–Crippen MR) is 54.0 cm³/mol. The first-order valence-electron chi connectivity index (χ1n) is 4.64. The highest BCUT2D eigenvalue weighted by molar-refractivity contribution is 5.81. The van der Waals surface area contributed by atoms with E-state index in [1.165, 1.54) is 16.6 Å². The van der Waals surface area contributed by atoms with Gasteiger partial charge in [0.1, 0.15) is 0 Å². The van der Waals surface area contributed by atoms with Crippen molar-refractivity contribution in [2.45, 2.75) is 26.7 Å². The molecule has 0 bridgehead atoms. The molecule has 0 amide bonds. The summed E-state index contributed by atoms with van der Waals surface area (Å²) in [6, 6.07) is 0. The Kier molecular flexibility index (Phi) is 1.72. The van der Waals surface area contributed by atoms with Crippen LogP contribution in [0.4, 0.5) is 0 Å². The number of furan rings is 1. The van der Waals surface area contributed by atoms with E-state index in [1.807, 2.05) is 6.26 Å². The number of nitrogens with zero attached hydrogens (tertiary/aromatic N) is 1. The Labute approximate surface area is 78.2 Å². The topological polar surface area (TPSA) is 18.1 Å². The second kappa shape index (κ2) is 2.66. The first kappa shape index (κ1) is 8.42. The number of hydrogen-bond donors (Lipinski definition) is 0. The van der Waals surface area contributed by atoms with Gasteiger partial charge in [-0.05, 0) is 12.8 Å². The van der Waals surface area contributed by atoms with Crippen LogP contribution in [0.15, 0.2) is 16.9 Å². The summed E-state index contributed by atoms with van der Waals surface area (Å²) >= 11 is 0. The lowest BCUT2D eigenvalue weighted by Gasteiger charge is -2.01. The van der Waals surface area contributed by atoms with E-state index in [1.54, 1.807) is 0 Å². The Morgan fingerprint density at radius 1 is 1.38 bits per heavy atom. The number of hydrogen-bond acceptors (Lipinski definition) is 1. The van der Waals surface area contributed by atoms with Crippen LogP contribution in [0.3, 0.4) is 0 Å². The van der Waals surface area contributed by atoms with Crippen molar-refractivity contribution in [3.05, 3.63) is 23.6 Å². The summed E-state index contributed by atoms with van der Waals surface area (Å²) in [5, 5.41) is 0. The van der Waals surface area contributed by atoms with E-state index in [0.717, 1.165) is 5.58 Å². The molecule has 0 aliphatic rings. The van der Waals surface area contributed by atoms with E-state index < -0.39 is 0 Å². The van der Waals surface area contributed by atoms with Gasteiger partial charge in [0.15, 0.2) is 5.58 Å². The van der Waals surface area contributed by atoms with E-state index in [-0.39, 0.29) is 0 Å². The summed E-state index contributed by atoms with van der Waals surface area (Å²) in [5.41, 5.74) is 4.79. The van der Waals surface area contributed by atoms with E-state index in [0.29, 0.717) is 5.92 Å². The number of aryl methyl sites for hydroxylation is 2. The normalized spacial score (nSPS) is 11.8. The Hall–Kier alpha value is -1.18. The third-order valence-corrected chi connectivity index (χ3v) is 2.51. The molecule has 0 aliphatic carbocycles. The molecule has 0 aliphatic heterocycles. The fraction of sp³-hybridized carbons (Fsp3) is 0.455. The zero-order chi connectivity index (χ0) is 9.59. The fourth-order valence-corrected chi connectivity index (χ4v) is 1.83. The van der Waals surface area contributed by atoms with Gasteiger partial charge in [-0.25, -0.2) is 0 Å². The van der Waals surface area contributed by atoms with Crippen LogP contribution in [0.25, 0.3) is 11.1 Å². The van der Waals surface area contributed by atoms with Gasteiger partial charge >= 0.3 is 0 Å². The van der Waals surface area contributed by atoms with Gasteiger partial charge in [0.05, 0.1) is 11.8 Å². The van der Waals surface area contributed by atoms with Crippen LogP contribution >= 0.6 is 0 Å². The largest absolute Gasteiger partial charge is 0.462 e. The van der Waals surface area contributed by atoms with Gasteiger partial charge in [-0.1, -0.05) is 13.8 Å². The van der Waals surface area contributed by atoms with Crippen LogP contribution < -0.4 is 0 Å². The smallest absolute Gasteiger partial charge is 0.154 e. The molecule has 0 unspecified atom stereocenters. The van der Waals surface area contributed by atoms with Crippen LogP contribution in [0.1, 0.15) is 30.9 Å². The maximum atomic E-state index is 5.54. The van der Waals surface area contributed by atoms with E-state index in [4.69, 9.17) is 4.42 Å². The first-order valence-corrected chi connectivity index (χ1v) is 4.64. The van der Waals surface area contributed by atoms with Gasteiger partial charge in [0.25, 0.3) is 0 Å². The average Bonchev–Trinajstić information content (AvgIpc) is 2.55. The lowest BCUT2D eigenvalue weighted by Crippen LogP contribution is -1.90. The third-order valence-electron chi connectivity index (χ3n) is 2.51. The molecule has 2 nitrogen and oxygen atoms in total. The van der Waals surface area contributed by atoms with Crippen molar-refractivity contribution in [2.24, 2.45) is 7.05 Å². The van der Waals surface area contributed by atoms with Crippen LogP contribution in [0.5, 0.6) is 0 Å². The predicted octanol–water partition coefficient (Wildman–Crippen LogP) is 3.20. The Bertz CT molecular complexity index is 434. The van der Waals surface area contributed by atoms with Crippen molar-refractivity contribution >= 4 is 11.1 Å². The molecule has 2 rings (SSSR count). The maximum absolute atomic E-state index is 5.54. The van der Waals surface area contributed by atoms with Gasteiger partial charge in [-0.2, -0.15) is 0 Å². The van der Waals surface area contributed by atoms with Gasteiger partial charge in [-0.15, -0.1) is 0 Å². The van der Waals surface area contributed by atoms with Crippen molar-refractivity contribution in [1.82, 2.24) is 4.57 Å². The second-order valence-corrected chi connectivity index (χ2v) is 3.95. The minimum absolute atomic E-state index is 0.522. The number of rotatable bonds is 1. The summed E-state index contributed by atoms with van der Waals surface area (Å²) in [6.07, 6.45) is 3.99. The quantitative estimate of drug-likeness (QED) is 0.654. The molecule has 2 heteroatoms. The molecule has 0 fully saturated rings. The zero-order valence-electron chi connectivity index (χ0n) is 8.59. The van der Waals surface area contributed by atoms with Gasteiger partial charge in [-0.3, -0.25) is 0 Å². The third kappa shape index (κ3) is 1.09. The number of aromatic nitrogens is 1. The minimum atomic E-state index is 0.522. The molecular formula is C11H15NO. The molecule has 2 aromatic rings. The highest BCUT2D eigenvalue weighted by Crippen LogP contribution is 2.29. The van der Waals surface area contributed by atoms with Crippen molar-refractivity contribution < 1.29 is 4.42 Å². The average molecular weight is 177 g/mol. The second-order valence-electron chi connectivity index (χ2n) is 3.95. The van der Waals surface area contributed by atoms with Crippen molar-refractivity contribution in [2.75, 3.05) is 0 Å². The van der Waals surface area contributed by atoms with E-state index in [2.05, 4.69) is 38.6 Å². The molecule has 0 N–H and O–H groups in total. The summed E-state index contributed by atoms with van der Waals surface area (Å²) in [6.45, 7) is 6.45. The highest BCUT2D eigenvalue weighted by atomic mass is 16.3. The minimum Gasteiger partial charge on any atom is -0.462 e. The molecule has 0 saturated carbocycles. The molecule has 0 saturated heterocycles. The number of fused-ring (bicyclic) bond motifs is 1. The Balaban J connectivity index is 2.79. The van der Waals surface area contributed by atoms with Crippen LogP contribution in [0.2, 0.25) is 0 Å². The molecule has 0 aromatic carbocycles. The maximum Gasteiger partial charge on any atom is 0.154 e. The molecule has 13 heavy (non-hydrogen) atoms. The van der Waals surface area contributed by atoms with E-state index in [9.17, 15) is 0 Å². The zero-order valence-corrected chi connectivity index (χ0v) is 8.59. The monoisotopic (exact) mass is 177 g/mol. The summed E-state index contributed by atoms with van der Waals surface area (Å²) in [4.78, 5) is 0. The standard InChI is InChI=1S/C11H15NO/c1-7(2)9-6-13-11-8(3)5-12(4)10(9)11/h5-7H,1-4H3. The van der Waals surface area contributed by atoms with Crippen molar-refractivity contribution in [3.63, 3.8) is 0 Å². The van der Waals surface area contributed by atoms with Gasteiger partial charge in [0, 0.05) is 24.4 Å². The summed E-state index contributed by atoms with van der Waals surface area (Å²) in [5.74, 6) is 0.522. The van der Waals surface area contributed by atoms with Crippen molar-refractivity contribution in [1.29, 1.82) is 0 Å². The molecule has 0 radical (unpaired) electrons. The molecule has 0 atom stereocenters. The lowest BCUT2D eigenvalue weighted by molar-refractivity contribution is 0.604. The molecule has 70 valence electrons. The highest BCUT2D eigenvalue weighted by Gasteiger charge is 2.14. The first-order chi connectivity index (χ1) is 6.11. The van der Waals surface area contributed by atoms with Crippen molar-refractivity contribution in [3.8, 4) is 0 Å². The lowest BCUT2D eigenvalue weighted by atomic mass is 10.1. The molecule has 2 aromatic heterocycles. The Morgan fingerprint density at radius 2 is 2.08 bits per heavy atom.